The van der Waals surface area contributed by atoms with Crippen LogP contribution in [0.15, 0.2) is 48.5 Å². The van der Waals surface area contributed by atoms with Crippen molar-refractivity contribution >= 4 is 17.8 Å². The summed E-state index contributed by atoms with van der Waals surface area (Å²) in [6.45, 7) is 6.14. The number of nitrogens with zero attached hydrogens (tertiary/aromatic N) is 1. The number of carbonyl (C=O) groups excluding carboxylic acids is 2. The first-order valence-corrected chi connectivity index (χ1v) is 9.45. The van der Waals surface area contributed by atoms with Crippen LogP contribution in [0.2, 0.25) is 0 Å². The van der Waals surface area contributed by atoms with E-state index in [4.69, 9.17) is 4.74 Å². The fourth-order valence-corrected chi connectivity index (χ4v) is 2.58. The molecule has 2 aromatic rings. The number of nitrogens with one attached hydrogen (secondary N) is 2. The van der Waals surface area contributed by atoms with E-state index in [2.05, 4.69) is 10.6 Å². The van der Waals surface area contributed by atoms with Gasteiger partial charge in [-0.15, -0.1) is 0 Å². The molecule has 2 N–H and O–H groups in total. The lowest BCUT2D eigenvalue weighted by Crippen LogP contribution is -2.34. The highest BCUT2D eigenvalue weighted by atomic mass is 19.1. The molecular weight excluding hydrogens is 373 g/mol. The zero-order valence-corrected chi connectivity index (χ0v) is 17.3. The smallest absolute Gasteiger partial charge is 0.410 e. The fraction of sp³-hybridized carbons (Fsp3) is 0.364. The van der Waals surface area contributed by atoms with Gasteiger partial charge in [-0.3, -0.25) is 0 Å². The van der Waals surface area contributed by atoms with E-state index in [-0.39, 0.29) is 11.8 Å². The summed E-state index contributed by atoms with van der Waals surface area (Å²) in [7, 11) is 1.65. The third kappa shape index (κ3) is 7.81. The lowest BCUT2D eigenvalue weighted by molar-refractivity contribution is 0.0285. The monoisotopic (exact) mass is 401 g/mol. The SMILES string of the molecule is CN(Cc1ccccc1NC(=O)NCCc1ccc(F)cc1)C(=O)OC(C)(C)C. The van der Waals surface area contributed by atoms with Crippen molar-refractivity contribution in [2.45, 2.75) is 39.3 Å². The second kappa shape index (κ2) is 9.91. The highest BCUT2D eigenvalue weighted by Gasteiger charge is 2.20. The number of amides is 3. The first kappa shape index (κ1) is 22.2. The largest absolute Gasteiger partial charge is 0.444 e. The molecule has 6 nitrogen and oxygen atoms in total. The Morgan fingerprint density at radius 1 is 1.07 bits per heavy atom. The van der Waals surface area contributed by atoms with Crippen LogP contribution >= 0.6 is 0 Å². The van der Waals surface area contributed by atoms with Crippen molar-refractivity contribution in [1.29, 1.82) is 0 Å². The molecule has 0 unspecified atom stereocenters. The van der Waals surface area contributed by atoms with E-state index in [1.807, 2.05) is 39.0 Å². The summed E-state index contributed by atoms with van der Waals surface area (Å²) in [6, 6.07) is 13.1. The first-order valence-electron chi connectivity index (χ1n) is 9.45. The molecule has 0 saturated carbocycles. The summed E-state index contributed by atoms with van der Waals surface area (Å²) in [6.07, 6.45) is 0.160. The predicted molar refractivity (Wildman–Crippen MR) is 111 cm³/mol. The van der Waals surface area contributed by atoms with Gasteiger partial charge in [-0.1, -0.05) is 30.3 Å². The first-order chi connectivity index (χ1) is 13.6. The van der Waals surface area contributed by atoms with Crippen molar-refractivity contribution in [2.75, 3.05) is 18.9 Å². The maximum absolute atomic E-state index is 12.9. The third-order valence-electron chi connectivity index (χ3n) is 3.99. The number of para-hydroxylation sites is 1. The van der Waals surface area contributed by atoms with E-state index in [0.29, 0.717) is 25.2 Å². The summed E-state index contributed by atoms with van der Waals surface area (Å²) in [4.78, 5) is 25.9. The summed E-state index contributed by atoms with van der Waals surface area (Å²) in [5.74, 6) is -0.285. The Morgan fingerprint density at radius 3 is 2.38 bits per heavy atom. The molecule has 0 atom stereocenters. The molecule has 0 spiro atoms. The number of urea groups is 1. The average molecular weight is 401 g/mol. The van der Waals surface area contributed by atoms with Crippen LogP contribution in [0.1, 0.15) is 31.9 Å². The van der Waals surface area contributed by atoms with Crippen molar-refractivity contribution in [3.05, 3.63) is 65.5 Å². The van der Waals surface area contributed by atoms with Crippen LogP contribution < -0.4 is 10.6 Å². The van der Waals surface area contributed by atoms with Crippen LogP contribution in [0, 0.1) is 5.82 Å². The van der Waals surface area contributed by atoms with E-state index >= 15 is 0 Å². The van der Waals surface area contributed by atoms with Gasteiger partial charge in [0.2, 0.25) is 0 Å². The molecule has 2 aromatic carbocycles. The molecule has 3 amide bonds. The number of hydrogen-bond donors (Lipinski definition) is 2. The number of hydrogen-bond acceptors (Lipinski definition) is 3. The van der Waals surface area contributed by atoms with Gasteiger partial charge in [0.15, 0.2) is 0 Å². The Kier molecular flexibility index (Phi) is 7.59. The zero-order valence-electron chi connectivity index (χ0n) is 17.3. The van der Waals surface area contributed by atoms with Gasteiger partial charge in [0.05, 0.1) is 6.54 Å². The molecule has 0 radical (unpaired) electrons. The van der Waals surface area contributed by atoms with Crippen molar-refractivity contribution in [2.24, 2.45) is 0 Å². The fourth-order valence-electron chi connectivity index (χ4n) is 2.58. The molecule has 0 aliphatic heterocycles. The minimum atomic E-state index is -0.576. The molecule has 0 aromatic heterocycles. The molecule has 0 heterocycles. The maximum Gasteiger partial charge on any atom is 0.410 e. The highest BCUT2D eigenvalue weighted by molar-refractivity contribution is 5.90. The van der Waals surface area contributed by atoms with Crippen molar-refractivity contribution in [3.8, 4) is 0 Å². The van der Waals surface area contributed by atoms with Crippen molar-refractivity contribution in [1.82, 2.24) is 10.2 Å². The molecule has 0 bridgehead atoms. The Bertz CT molecular complexity index is 832. The van der Waals surface area contributed by atoms with E-state index in [1.165, 1.54) is 17.0 Å². The number of halogens is 1. The Morgan fingerprint density at radius 2 is 1.72 bits per heavy atom. The Hall–Kier alpha value is -3.09. The number of carbonyl (C=O) groups is 2. The predicted octanol–water partition coefficient (Wildman–Crippen LogP) is 4.56. The second-order valence-electron chi connectivity index (χ2n) is 7.75. The molecule has 0 aliphatic carbocycles. The number of benzene rings is 2. The van der Waals surface area contributed by atoms with Crippen molar-refractivity contribution < 1.29 is 18.7 Å². The van der Waals surface area contributed by atoms with E-state index in [0.717, 1.165) is 11.1 Å². The zero-order chi connectivity index (χ0) is 21.4. The Labute approximate surface area is 171 Å². The number of anilines is 1. The maximum atomic E-state index is 12.9. The number of rotatable bonds is 6. The van der Waals surface area contributed by atoms with Gasteiger partial charge in [-0.2, -0.15) is 0 Å². The molecular formula is C22H28FN3O3. The minimum Gasteiger partial charge on any atom is -0.444 e. The molecule has 7 heteroatoms. The second-order valence-corrected chi connectivity index (χ2v) is 7.75. The summed E-state index contributed by atoms with van der Waals surface area (Å²) in [5.41, 5.74) is 1.76. The molecule has 0 fully saturated rings. The van der Waals surface area contributed by atoms with Crippen LogP contribution in [-0.2, 0) is 17.7 Å². The van der Waals surface area contributed by atoms with E-state index in [1.54, 1.807) is 25.2 Å². The van der Waals surface area contributed by atoms with Gasteiger partial charge in [-0.25, -0.2) is 14.0 Å². The lowest BCUT2D eigenvalue weighted by atomic mass is 10.1. The molecule has 0 aliphatic rings. The van der Waals surface area contributed by atoms with Gasteiger partial charge in [-0.05, 0) is 56.5 Å². The molecule has 29 heavy (non-hydrogen) atoms. The highest BCUT2D eigenvalue weighted by Crippen LogP contribution is 2.18. The van der Waals surface area contributed by atoms with E-state index < -0.39 is 11.7 Å². The topological polar surface area (TPSA) is 70.7 Å². The third-order valence-corrected chi connectivity index (χ3v) is 3.99. The molecule has 156 valence electrons. The average Bonchev–Trinajstić information content (AvgIpc) is 2.63. The molecule has 2 rings (SSSR count). The van der Waals surface area contributed by atoms with Crippen LogP contribution in [0.4, 0.5) is 19.7 Å². The Balaban J connectivity index is 1.89. The van der Waals surface area contributed by atoms with Crippen LogP contribution in [0.3, 0.4) is 0 Å². The van der Waals surface area contributed by atoms with Crippen LogP contribution in [0.5, 0.6) is 0 Å². The van der Waals surface area contributed by atoms with Crippen LogP contribution in [-0.4, -0.2) is 36.2 Å². The van der Waals surface area contributed by atoms with Gasteiger partial charge >= 0.3 is 12.1 Å². The van der Waals surface area contributed by atoms with Crippen LogP contribution in [0.25, 0.3) is 0 Å². The molecule has 0 saturated heterocycles. The van der Waals surface area contributed by atoms with E-state index in [9.17, 15) is 14.0 Å². The van der Waals surface area contributed by atoms with Crippen molar-refractivity contribution in [3.63, 3.8) is 0 Å². The van der Waals surface area contributed by atoms with Gasteiger partial charge in [0.25, 0.3) is 0 Å². The van der Waals surface area contributed by atoms with Gasteiger partial charge < -0.3 is 20.3 Å². The lowest BCUT2D eigenvalue weighted by Gasteiger charge is -2.25. The quantitative estimate of drug-likeness (QED) is 0.746. The summed E-state index contributed by atoms with van der Waals surface area (Å²) in [5, 5.41) is 5.59. The summed E-state index contributed by atoms with van der Waals surface area (Å²) < 4.78 is 18.3. The van der Waals surface area contributed by atoms with Gasteiger partial charge in [0, 0.05) is 19.3 Å². The summed E-state index contributed by atoms with van der Waals surface area (Å²) >= 11 is 0. The van der Waals surface area contributed by atoms with Gasteiger partial charge in [0.1, 0.15) is 11.4 Å². The normalized spacial score (nSPS) is 10.9. The minimum absolute atomic E-state index is 0.285. The standard InChI is InChI=1S/C22H28FN3O3/c1-22(2,3)29-21(28)26(4)15-17-7-5-6-8-19(17)25-20(27)24-14-13-16-9-11-18(23)12-10-16/h5-12H,13-15H2,1-4H3,(H2,24,25,27). The number of ether oxygens (including phenoxy) is 1.